The van der Waals surface area contributed by atoms with E-state index >= 15 is 0 Å². The van der Waals surface area contributed by atoms with Gasteiger partial charge in [-0.15, -0.1) is 0 Å². The van der Waals surface area contributed by atoms with Crippen molar-refractivity contribution in [1.29, 1.82) is 0 Å². The lowest BCUT2D eigenvalue weighted by atomic mass is 10.0. The van der Waals surface area contributed by atoms with E-state index in [-0.39, 0.29) is 25.2 Å². The minimum Gasteiger partial charge on any atom is -0.463 e. The summed E-state index contributed by atoms with van der Waals surface area (Å²) in [6.45, 7) is 7.56. The molecule has 5 heteroatoms. The number of hydrogen-bond acceptors (Lipinski definition) is 5. The highest BCUT2D eigenvalue weighted by atomic mass is 16.6. The van der Waals surface area contributed by atoms with Gasteiger partial charge in [-0.05, 0) is 57.8 Å². The molecule has 0 amide bonds. The fourth-order valence-electron chi connectivity index (χ4n) is 7.51. The maximum Gasteiger partial charge on any atom is 0.306 e. The van der Waals surface area contributed by atoms with Gasteiger partial charge in [-0.2, -0.15) is 0 Å². The molecule has 0 radical (unpaired) electrons. The van der Waals surface area contributed by atoms with Crippen LogP contribution in [0.2, 0.25) is 0 Å². The molecule has 1 atom stereocenters. The highest BCUT2D eigenvalue weighted by molar-refractivity contribution is 5.70. The molecule has 0 aromatic rings. The summed E-state index contributed by atoms with van der Waals surface area (Å²) in [5.74, 6) is -0.421. The zero-order chi connectivity index (χ0) is 45.6. The van der Waals surface area contributed by atoms with Crippen molar-refractivity contribution in [2.45, 2.75) is 264 Å². The third-order valence-electron chi connectivity index (χ3n) is 11.6. The molecule has 0 bridgehead atoms. The lowest BCUT2D eigenvalue weighted by Crippen LogP contribution is -2.29. The van der Waals surface area contributed by atoms with Crippen molar-refractivity contribution in [3.8, 4) is 0 Å². The minimum absolute atomic E-state index is 0.118. The lowest BCUT2D eigenvalue weighted by molar-refractivity contribution is -0.155. The van der Waals surface area contributed by atoms with Crippen LogP contribution in [0, 0.1) is 0 Å². The molecule has 0 aliphatic rings. The van der Waals surface area contributed by atoms with Crippen LogP contribution in [0.3, 0.4) is 0 Å². The average Bonchev–Trinajstić information content (AvgIpc) is 3.29. The summed E-state index contributed by atoms with van der Waals surface area (Å²) in [5.41, 5.74) is 0. The second-order valence-corrected chi connectivity index (χ2v) is 17.8. The van der Waals surface area contributed by atoms with Crippen molar-refractivity contribution >= 4 is 11.9 Å². The van der Waals surface area contributed by atoms with Crippen molar-refractivity contribution in [3.05, 3.63) is 72.9 Å². The van der Waals surface area contributed by atoms with E-state index < -0.39 is 6.10 Å². The van der Waals surface area contributed by atoms with Gasteiger partial charge in [-0.1, -0.05) is 261 Å². The lowest BCUT2D eigenvalue weighted by Gasteiger charge is -2.18. The van der Waals surface area contributed by atoms with Crippen molar-refractivity contribution in [2.24, 2.45) is 0 Å². The Morgan fingerprint density at radius 3 is 1.02 bits per heavy atom. The largest absolute Gasteiger partial charge is 0.463 e. The molecule has 364 valence electrons. The van der Waals surface area contributed by atoms with Gasteiger partial charge in [0.2, 0.25) is 0 Å². The molecule has 5 nitrogen and oxygen atoms in total. The zero-order valence-corrected chi connectivity index (χ0v) is 41.8. The van der Waals surface area contributed by atoms with E-state index in [1.54, 1.807) is 0 Å². The number of carbonyl (C=O) groups is 2. The van der Waals surface area contributed by atoms with Gasteiger partial charge in [0.05, 0.1) is 0 Å². The van der Waals surface area contributed by atoms with Crippen molar-refractivity contribution in [1.82, 2.24) is 0 Å². The third-order valence-corrected chi connectivity index (χ3v) is 11.6. The topological polar surface area (TPSA) is 61.8 Å². The quantitative estimate of drug-likeness (QED) is 0.0346. The first-order valence-corrected chi connectivity index (χ1v) is 27.0. The van der Waals surface area contributed by atoms with Crippen molar-refractivity contribution < 1.29 is 23.8 Å². The first-order chi connectivity index (χ1) is 31.1. The molecule has 0 aliphatic heterocycles. The normalized spacial score (nSPS) is 12.7. The van der Waals surface area contributed by atoms with E-state index in [0.29, 0.717) is 25.9 Å². The summed E-state index contributed by atoms with van der Waals surface area (Å²) in [4.78, 5) is 25.2. The molecule has 0 aromatic heterocycles. The van der Waals surface area contributed by atoms with Gasteiger partial charge in [-0.25, -0.2) is 0 Å². The second-order valence-electron chi connectivity index (χ2n) is 17.8. The van der Waals surface area contributed by atoms with E-state index in [2.05, 4.69) is 87.6 Å². The summed E-state index contributed by atoms with van der Waals surface area (Å²) in [7, 11) is 0. The Kier molecular flexibility index (Phi) is 51.4. The Bertz CT molecular complexity index is 1130. The Hall–Kier alpha value is -2.66. The summed E-state index contributed by atoms with van der Waals surface area (Å²) in [6.07, 6.45) is 69.5. The molecular formula is C58H102O5. The molecule has 0 unspecified atom stereocenters. The number of hydrogen-bond donors (Lipinski definition) is 0. The Morgan fingerprint density at radius 2 is 0.651 bits per heavy atom. The summed E-state index contributed by atoms with van der Waals surface area (Å²) in [6, 6.07) is 0. The molecule has 0 saturated heterocycles. The van der Waals surface area contributed by atoms with Crippen molar-refractivity contribution in [2.75, 3.05) is 19.8 Å². The fourth-order valence-corrected chi connectivity index (χ4v) is 7.51. The van der Waals surface area contributed by atoms with Gasteiger partial charge in [0, 0.05) is 19.4 Å². The Balaban J connectivity index is 4.35. The predicted molar refractivity (Wildman–Crippen MR) is 274 cm³/mol. The van der Waals surface area contributed by atoms with Crippen LogP contribution in [0.15, 0.2) is 72.9 Å². The van der Waals surface area contributed by atoms with Gasteiger partial charge >= 0.3 is 11.9 Å². The molecule has 0 fully saturated rings. The van der Waals surface area contributed by atoms with Crippen LogP contribution in [0.1, 0.15) is 258 Å². The van der Waals surface area contributed by atoms with Crippen LogP contribution >= 0.6 is 0 Å². The Labute approximate surface area is 391 Å². The summed E-state index contributed by atoms with van der Waals surface area (Å²) >= 11 is 0. The minimum atomic E-state index is -0.429. The molecule has 0 aromatic carbocycles. The van der Waals surface area contributed by atoms with E-state index in [9.17, 15) is 9.59 Å². The van der Waals surface area contributed by atoms with Crippen molar-refractivity contribution in [3.63, 3.8) is 0 Å². The van der Waals surface area contributed by atoms with Crippen LogP contribution in [-0.4, -0.2) is 37.9 Å². The summed E-state index contributed by atoms with van der Waals surface area (Å²) in [5, 5.41) is 0. The molecule has 0 N–H and O–H groups in total. The monoisotopic (exact) mass is 879 g/mol. The molecule has 0 aliphatic carbocycles. The van der Waals surface area contributed by atoms with Gasteiger partial charge in [0.15, 0.2) is 0 Å². The molecule has 0 saturated carbocycles. The van der Waals surface area contributed by atoms with Gasteiger partial charge in [0.1, 0.15) is 19.3 Å². The maximum atomic E-state index is 12.6. The van der Waals surface area contributed by atoms with Gasteiger partial charge in [-0.3, -0.25) is 9.59 Å². The first kappa shape index (κ1) is 60.3. The molecule has 0 rings (SSSR count). The molecule has 63 heavy (non-hydrogen) atoms. The van der Waals surface area contributed by atoms with Crippen LogP contribution in [0.5, 0.6) is 0 Å². The number of allylic oxidation sites excluding steroid dienone is 12. The van der Waals surface area contributed by atoms with E-state index in [1.807, 2.05) is 6.08 Å². The second kappa shape index (κ2) is 53.7. The number of carbonyl (C=O) groups excluding carboxylic acids is 2. The predicted octanol–water partition coefficient (Wildman–Crippen LogP) is 18.3. The first-order valence-electron chi connectivity index (χ1n) is 27.0. The molecule has 0 heterocycles. The third kappa shape index (κ3) is 51.9. The molecule has 0 spiro atoms. The SMILES string of the molecule is CC/C=C\C/C=C\C/C=C\C/C=C\C/C=C\C/C=C\CCC(=O)OC[C@H](COC(=O)CCCCCCCCCCCCCC)OCCCCCCCCCCCCCCCCCC. The number of esters is 2. The average molecular weight is 879 g/mol. The smallest absolute Gasteiger partial charge is 0.306 e. The number of unbranched alkanes of at least 4 members (excludes halogenated alkanes) is 26. The molecular weight excluding hydrogens is 777 g/mol. The van der Waals surface area contributed by atoms with Crippen LogP contribution in [0.25, 0.3) is 0 Å². The highest BCUT2D eigenvalue weighted by Crippen LogP contribution is 2.15. The van der Waals surface area contributed by atoms with Crippen LogP contribution in [0.4, 0.5) is 0 Å². The number of ether oxygens (including phenoxy) is 3. The van der Waals surface area contributed by atoms with Crippen LogP contribution in [-0.2, 0) is 23.8 Å². The Morgan fingerprint density at radius 1 is 0.349 bits per heavy atom. The van der Waals surface area contributed by atoms with E-state index in [0.717, 1.165) is 64.2 Å². The van der Waals surface area contributed by atoms with Crippen LogP contribution < -0.4 is 0 Å². The maximum absolute atomic E-state index is 12.6. The van der Waals surface area contributed by atoms with Gasteiger partial charge in [0.25, 0.3) is 0 Å². The van der Waals surface area contributed by atoms with E-state index in [4.69, 9.17) is 14.2 Å². The van der Waals surface area contributed by atoms with Gasteiger partial charge < -0.3 is 14.2 Å². The summed E-state index contributed by atoms with van der Waals surface area (Å²) < 4.78 is 17.4. The fraction of sp³-hybridized carbons (Fsp3) is 0.759. The standard InChI is InChI=1S/C58H102O5/c1-4-7-10-13-16-19-22-25-27-29-30-31-32-34-37-40-43-46-49-52-58(60)63-55-56(54-62-57(59)51-48-45-42-39-36-24-21-18-15-12-9-6-3)61-53-50-47-44-41-38-35-33-28-26-23-20-17-14-11-8-5-2/h7,10,16,19,25,27,30-31,34,37,43,46,56H,4-6,8-9,11-15,17-18,20-24,26,28-29,32-33,35-36,38-42,44-45,47-55H2,1-3H3/b10-7-,19-16-,27-25-,31-30-,37-34-,46-43-/t56-/m0/s1. The number of rotatable bonds is 49. The van der Waals surface area contributed by atoms with E-state index in [1.165, 1.54) is 154 Å². The zero-order valence-electron chi connectivity index (χ0n) is 41.8. The highest BCUT2D eigenvalue weighted by Gasteiger charge is 2.16.